The van der Waals surface area contributed by atoms with Crippen molar-refractivity contribution in [2.45, 2.75) is 25.3 Å². The number of carbonyl (C=O) groups excluding carboxylic acids is 2. The lowest BCUT2D eigenvalue weighted by atomic mass is 9.91. The molecule has 2 heterocycles. The molecule has 0 unspecified atom stereocenters. The van der Waals surface area contributed by atoms with Crippen LogP contribution in [0.5, 0.6) is 0 Å². The first-order valence-electron chi connectivity index (χ1n) is 10.5. The van der Waals surface area contributed by atoms with Crippen LogP contribution in [0, 0.1) is 0 Å². The molecule has 1 aromatic rings. The largest absolute Gasteiger partial charge is 0.339 e. The van der Waals surface area contributed by atoms with Crippen molar-refractivity contribution in [2.24, 2.45) is 0 Å². The van der Waals surface area contributed by atoms with E-state index in [-0.39, 0.29) is 11.8 Å². The summed E-state index contributed by atoms with van der Waals surface area (Å²) in [6.45, 7) is 6.70. The van der Waals surface area contributed by atoms with E-state index in [9.17, 15) is 9.59 Å². The molecular formula is C21H28Cl2N4O2. The highest BCUT2D eigenvalue weighted by Gasteiger charge is 2.30. The number of carbonyl (C=O) groups is 2. The highest BCUT2D eigenvalue weighted by atomic mass is 35.5. The minimum absolute atomic E-state index is 0.0789. The number of rotatable bonds is 4. The summed E-state index contributed by atoms with van der Waals surface area (Å²) in [7, 11) is 0. The molecule has 6 nitrogen and oxygen atoms in total. The molecule has 0 radical (unpaired) electrons. The van der Waals surface area contributed by atoms with Crippen LogP contribution in [0.2, 0.25) is 10.0 Å². The Labute approximate surface area is 182 Å². The van der Waals surface area contributed by atoms with Crippen LogP contribution in [0.1, 0.15) is 29.6 Å². The summed E-state index contributed by atoms with van der Waals surface area (Å²) in [4.78, 5) is 33.9. The molecule has 3 aliphatic rings. The molecule has 2 saturated heterocycles. The van der Waals surface area contributed by atoms with Crippen LogP contribution in [0.4, 0.5) is 0 Å². The van der Waals surface area contributed by atoms with Crippen LogP contribution in [-0.4, -0.2) is 96.4 Å². The van der Waals surface area contributed by atoms with Gasteiger partial charge in [0.25, 0.3) is 5.91 Å². The first-order chi connectivity index (χ1) is 14.0. The van der Waals surface area contributed by atoms with Crippen LogP contribution >= 0.6 is 23.2 Å². The summed E-state index contributed by atoms with van der Waals surface area (Å²) >= 11 is 12.1. The third-order valence-electron chi connectivity index (χ3n) is 6.44. The second kappa shape index (κ2) is 9.21. The maximum Gasteiger partial charge on any atom is 0.255 e. The third-order valence-corrected chi connectivity index (χ3v) is 6.99. The molecule has 3 fully saturated rings. The summed E-state index contributed by atoms with van der Waals surface area (Å²) in [6.07, 6.45) is 3.98. The lowest BCUT2D eigenvalue weighted by molar-refractivity contribution is -0.135. The zero-order valence-corrected chi connectivity index (χ0v) is 18.2. The second-order valence-electron chi connectivity index (χ2n) is 8.19. The molecule has 8 heteroatoms. The van der Waals surface area contributed by atoms with E-state index in [1.54, 1.807) is 23.1 Å². The van der Waals surface area contributed by atoms with Crippen LogP contribution in [0.25, 0.3) is 0 Å². The molecule has 1 saturated carbocycles. The van der Waals surface area contributed by atoms with Crippen molar-refractivity contribution < 1.29 is 9.59 Å². The average molecular weight is 439 g/mol. The molecule has 1 aromatic carbocycles. The Hall–Kier alpha value is -1.34. The van der Waals surface area contributed by atoms with Gasteiger partial charge in [0.1, 0.15) is 0 Å². The number of nitrogens with zero attached hydrogens (tertiary/aromatic N) is 4. The van der Waals surface area contributed by atoms with Crippen molar-refractivity contribution in [1.82, 2.24) is 19.6 Å². The molecule has 2 amide bonds. The van der Waals surface area contributed by atoms with Gasteiger partial charge in [-0.1, -0.05) is 29.6 Å². The van der Waals surface area contributed by atoms with Gasteiger partial charge in [-0.3, -0.25) is 19.4 Å². The van der Waals surface area contributed by atoms with Crippen LogP contribution in [0.3, 0.4) is 0 Å². The van der Waals surface area contributed by atoms with Gasteiger partial charge >= 0.3 is 0 Å². The minimum Gasteiger partial charge on any atom is -0.339 e. The smallest absolute Gasteiger partial charge is 0.255 e. The number of halogens is 2. The molecule has 4 rings (SSSR count). The molecule has 1 aliphatic carbocycles. The standard InChI is InChI=1S/C21H28Cl2N4O2/c22-16-4-5-18(19(23)14-16)21(29)27-8-6-24(7-9-27)15-20(28)26-12-10-25(11-13-26)17-2-1-3-17/h4-5,14,17H,1-3,6-13,15H2. The van der Waals surface area contributed by atoms with E-state index in [0.717, 1.165) is 32.2 Å². The van der Waals surface area contributed by atoms with Crippen LogP contribution in [-0.2, 0) is 4.79 Å². The van der Waals surface area contributed by atoms with Crippen molar-refractivity contribution in [3.63, 3.8) is 0 Å². The van der Waals surface area contributed by atoms with Crippen molar-refractivity contribution in [3.05, 3.63) is 33.8 Å². The lowest BCUT2D eigenvalue weighted by Crippen LogP contribution is -2.56. The molecule has 0 atom stereocenters. The fourth-order valence-electron chi connectivity index (χ4n) is 4.32. The first-order valence-corrected chi connectivity index (χ1v) is 11.3. The van der Waals surface area contributed by atoms with E-state index in [1.165, 1.54) is 19.3 Å². The molecule has 0 N–H and O–H groups in total. The number of hydrogen-bond acceptors (Lipinski definition) is 4. The second-order valence-corrected chi connectivity index (χ2v) is 9.04. The van der Waals surface area contributed by atoms with Gasteiger partial charge in [-0.25, -0.2) is 0 Å². The Bertz CT molecular complexity index is 755. The summed E-state index contributed by atoms with van der Waals surface area (Å²) in [6, 6.07) is 5.70. The molecule has 0 spiro atoms. The van der Waals surface area contributed by atoms with Gasteiger partial charge in [-0.15, -0.1) is 0 Å². The molecule has 29 heavy (non-hydrogen) atoms. The van der Waals surface area contributed by atoms with Crippen molar-refractivity contribution >= 4 is 35.0 Å². The molecule has 158 valence electrons. The van der Waals surface area contributed by atoms with E-state index in [1.807, 2.05) is 4.90 Å². The summed E-state index contributed by atoms with van der Waals surface area (Å²) in [5, 5.41) is 0.893. The monoisotopic (exact) mass is 438 g/mol. The molecular weight excluding hydrogens is 411 g/mol. The summed E-state index contributed by atoms with van der Waals surface area (Å²) in [5.41, 5.74) is 0.477. The maximum atomic E-state index is 12.7. The summed E-state index contributed by atoms with van der Waals surface area (Å²) < 4.78 is 0. The minimum atomic E-state index is -0.0789. The predicted octanol–water partition coefficient (Wildman–Crippen LogP) is 2.45. The van der Waals surface area contributed by atoms with E-state index in [0.29, 0.717) is 48.3 Å². The first kappa shape index (κ1) is 20.9. The molecule has 2 aliphatic heterocycles. The Morgan fingerprint density at radius 2 is 1.55 bits per heavy atom. The van der Waals surface area contributed by atoms with Crippen LogP contribution < -0.4 is 0 Å². The van der Waals surface area contributed by atoms with E-state index < -0.39 is 0 Å². The number of benzene rings is 1. The van der Waals surface area contributed by atoms with E-state index in [4.69, 9.17) is 23.2 Å². The summed E-state index contributed by atoms with van der Waals surface area (Å²) in [5.74, 6) is 0.128. The van der Waals surface area contributed by atoms with Gasteiger partial charge in [0, 0.05) is 63.4 Å². The van der Waals surface area contributed by atoms with Gasteiger partial charge in [0.15, 0.2) is 0 Å². The fourth-order valence-corrected chi connectivity index (χ4v) is 4.81. The van der Waals surface area contributed by atoms with Gasteiger partial charge in [0.2, 0.25) is 5.91 Å². The quantitative estimate of drug-likeness (QED) is 0.723. The maximum absolute atomic E-state index is 12.7. The van der Waals surface area contributed by atoms with E-state index >= 15 is 0 Å². The van der Waals surface area contributed by atoms with Gasteiger partial charge < -0.3 is 9.80 Å². The van der Waals surface area contributed by atoms with Gasteiger partial charge in [-0.05, 0) is 31.0 Å². The van der Waals surface area contributed by atoms with Crippen molar-refractivity contribution in [3.8, 4) is 0 Å². The zero-order valence-electron chi connectivity index (χ0n) is 16.7. The number of piperazine rings is 2. The van der Waals surface area contributed by atoms with Crippen LogP contribution in [0.15, 0.2) is 18.2 Å². The predicted molar refractivity (Wildman–Crippen MR) is 115 cm³/mol. The zero-order chi connectivity index (χ0) is 20.4. The number of amides is 2. The number of hydrogen-bond donors (Lipinski definition) is 0. The third kappa shape index (κ3) is 4.88. The average Bonchev–Trinajstić information content (AvgIpc) is 2.67. The Kier molecular flexibility index (Phi) is 6.64. The SMILES string of the molecule is O=C(CN1CCN(C(=O)c2ccc(Cl)cc2Cl)CC1)N1CCN(C2CCC2)CC1. The Morgan fingerprint density at radius 3 is 2.14 bits per heavy atom. The van der Waals surface area contributed by atoms with Gasteiger partial charge in [-0.2, -0.15) is 0 Å². The van der Waals surface area contributed by atoms with Crippen molar-refractivity contribution in [2.75, 3.05) is 58.9 Å². The Balaban J connectivity index is 1.22. The normalized spacial score (nSPS) is 21.9. The topological polar surface area (TPSA) is 47.1 Å². The van der Waals surface area contributed by atoms with E-state index in [2.05, 4.69) is 9.80 Å². The molecule has 0 bridgehead atoms. The fraction of sp³-hybridized carbons (Fsp3) is 0.619. The Morgan fingerprint density at radius 1 is 0.897 bits per heavy atom. The molecule has 0 aromatic heterocycles. The van der Waals surface area contributed by atoms with Gasteiger partial charge in [0.05, 0.1) is 17.1 Å². The lowest BCUT2D eigenvalue weighted by Gasteiger charge is -2.43. The highest BCUT2D eigenvalue weighted by molar-refractivity contribution is 6.36. The van der Waals surface area contributed by atoms with Crippen molar-refractivity contribution in [1.29, 1.82) is 0 Å². The highest BCUT2D eigenvalue weighted by Crippen LogP contribution is 2.26.